The zero-order valence-electron chi connectivity index (χ0n) is 15.8. The zero-order valence-corrected chi connectivity index (χ0v) is 18.2. The van der Waals surface area contributed by atoms with E-state index in [1.54, 1.807) is 49.6 Å². The van der Waals surface area contributed by atoms with Gasteiger partial charge in [0.2, 0.25) is 0 Å². The summed E-state index contributed by atoms with van der Waals surface area (Å²) in [6.07, 6.45) is 0. The fourth-order valence-electron chi connectivity index (χ4n) is 2.93. The van der Waals surface area contributed by atoms with Crippen molar-refractivity contribution in [3.8, 4) is 5.75 Å². The predicted molar refractivity (Wildman–Crippen MR) is 123 cm³/mol. The Labute approximate surface area is 185 Å². The summed E-state index contributed by atoms with van der Waals surface area (Å²) >= 11 is 4.72. The summed E-state index contributed by atoms with van der Waals surface area (Å²) in [4.78, 5) is 30.0. The third kappa shape index (κ3) is 4.05. The van der Waals surface area contributed by atoms with Gasteiger partial charge in [0.1, 0.15) is 11.3 Å². The molecule has 0 aliphatic carbocycles. The van der Waals surface area contributed by atoms with Gasteiger partial charge in [-0.2, -0.15) is 0 Å². The van der Waals surface area contributed by atoms with Crippen LogP contribution in [0.4, 0.5) is 10.8 Å². The molecule has 3 aromatic carbocycles. The number of rotatable bonds is 5. The molecule has 1 heterocycles. The van der Waals surface area contributed by atoms with E-state index in [1.165, 1.54) is 11.3 Å². The minimum Gasteiger partial charge on any atom is -0.494 e. The maximum absolute atomic E-state index is 12.9. The first-order chi connectivity index (χ1) is 14.6. The smallest absolute Gasteiger partial charge is 0.259 e. The lowest BCUT2D eigenvalue weighted by atomic mass is 10.1. The first-order valence-electron chi connectivity index (χ1n) is 8.96. The normalized spacial score (nSPS) is 10.6. The first kappa shape index (κ1) is 20.1. The number of hydrogen-bond donors (Lipinski definition) is 2. The maximum Gasteiger partial charge on any atom is 0.259 e. The Hall–Kier alpha value is -3.23. The Kier molecular flexibility index (Phi) is 5.78. The minimum absolute atomic E-state index is 0.313. The molecule has 8 heteroatoms. The number of methoxy groups -OCH3 is 1. The third-order valence-corrected chi connectivity index (χ3v) is 5.99. The van der Waals surface area contributed by atoms with E-state index in [2.05, 4.69) is 31.5 Å². The van der Waals surface area contributed by atoms with E-state index in [1.807, 2.05) is 24.3 Å². The van der Waals surface area contributed by atoms with Gasteiger partial charge >= 0.3 is 0 Å². The summed E-state index contributed by atoms with van der Waals surface area (Å²) in [5.74, 6) is -0.0335. The number of halogens is 1. The molecular weight excluding hydrogens is 466 g/mol. The van der Waals surface area contributed by atoms with Crippen LogP contribution in [0.1, 0.15) is 20.7 Å². The number of nitrogens with one attached hydrogen (secondary N) is 2. The van der Waals surface area contributed by atoms with Crippen LogP contribution in [0.15, 0.2) is 71.2 Å². The lowest BCUT2D eigenvalue weighted by Gasteiger charge is -2.11. The lowest BCUT2D eigenvalue weighted by molar-refractivity contribution is 0.102. The second-order valence-electron chi connectivity index (χ2n) is 6.26. The van der Waals surface area contributed by atoms with Crippen LogP contribution in [-0.4, -0.2) is 23.9 Å². The molecule has 0 radical (unpaired) electrons. The van der Waals surface area contributed by atoms with Gasteiger partial charge in [-0.25, -0.2) is 4.98 Å². The van der Waals surface area contributed by atoms with Crippen molar-refractivity contribution in [1.29, 1.82) is 0 Å². The maximum atomic E-state index is 12.9. The molecule has 0 atom stereocenters. The second kappa shape index (κ2) is 8.64. The standard InChI is InChI=1S/C22H16BrN3O3S/c1-29-17-11-6-12-18-19(17)25-22(30-18)26-21(28)14-8-3-5-10-16(14)24-20(27)13-7-2-4-9-15(13)23/h2-12H,1H3,(H,24,27)(H,25,26,28). The molecule has 0 saturated heterocycles. The highest BCUT2D eigenvalue weighted by molar-refractivity contribution is 9.10. The number of ether oxygens (including phenoxy) is 1. The van der Waals surface area contributed by atoms with Crippen LogP contribution in [0.2, 0.25) is 0 Å². The van der Waals surface area contributed by atoms with Crippen LogP contribution < -0.4 is 15.4 Å². The Morgan fingerprint density at radius 1 is 0.900 bits per heavy atom. The number of fused-ring (bicyclic) bond motifs is 1. The topological polar surface area (TPSA) is 80.3 Å². The molecular formula is C22H16BrN3O3S. The average Bonchev–Trinajstić information content (AvgIpc) is 3.16. The van der Waals surface area contributed by atoms with Crippen molar-refractivity contribution in [3.63, 3.8) is 0 Å². The Morgan fingerprint density at radius 2 is 1.60 bits per heavy atom. The largest absolute Gasteiger partial charge is 0.494 e. The number of benzene rings is 3. The van der Waals surface area contributed by atoms with Crippen molar-refractivity contribution in [2.75, 3.05) is 17.7 Å². The van der Waals surface area contributed by atoms with Crippen LogP contribution in [0.5, 0.6) is 5.75 Å². The molecule has 0 unspecified atom stereocenters. The number of carbonyl (C=O) groups excluding carboxylic acids is 2. The molecule has 30 heavy (non-hydrogen) atoms. The Morgan fingerprint density at radius 3 is 2.37 bits per heavy atom. The fraction of sp³-hybridized carbons (Fsp3) is 0.0455. The van der Waals surface area contributed by atoms with Crippen LogP contribution in [0.25, 0.3) is 10.2 Å². The number of thiazole rings is 1. The molecule has 0 spiro atoms. The van der Waals surface area contributed by atoms with Crippen molar-refractivity contribution in [2.45, 2.75) is 0 Å². The number of amides is 2. The molecule has 4 rings (SSSR count). The van der Waals surface area contributed by atoms with Crippen molar-refractivity contribution >= 4 is 60.1 Å². The summed E-state index contributed by atoms with van der Waals surface area (Å²) in [5.41, 5.74) is 1.92. The Bertz CT molecular complexity index is 1260. The molecule has 1 aromatic heterocycles. The van der Waals surface area contributed by atoms with Crippen molar-refractivity contribution < 1.29 is 14.3 Å². The van der Waals surface area contributed by atoms with Crippen LogP contribution in [-0.2, 0) is 0 Å². The van der Waals surface area contributed by atoms with E-state index >= 15 is 0 Å². The van der Waals surface area contributed by atoms with Gasteiger partial charge in [0.05, 0.1) is 28.6 Å². The average molecular weight is 482 g/mol. The van der Waals surface area contributed by atoms with Crippen LogP contribution in [0.3, 0.4) is 0 Å². The molecule has 0 bridgehead atoms. The summed E-state index contributed by atoms with van der Waals surface area (Å²) in [5, 5.41) is 6.08. The fourth-order valence-corrected chi connectivity index (χ4v) is 4.27. The summed E-state index contributed by atoms with van der Waals surface area (Å²) in [6, 6.07) is 19.5. The van der Waals surface area contributed by atoms with Crippen molar-refractivity contribution in [3.05, 3.63) is 82.3 Å². The molecule has 0 aliphatic heterocycles. The first-order valence-corrected chi connectivity index (χ1v) is 10.6. The van der Waals surface area contributed by atoms with Gasteiger partial charge in [0.25, 0.3) is 11.8 Å². The highest BCUT2D eigenvalue weighted by atomic mass is 79.9. The highest BCUT2D eigenvalue weighted by Crippen LogP contribution is 2.32. The number of nitrogens with zero attached hydrogens (tertiary/aromatic N) is 1. The summed E-state index contributed by atoms with van der Waals surface area (Å²) in [6.45, 7) is 0. The van der Waals surface area contributed by atoms with Gasteiger partial charge in [0, 0.05) is 4.47 Å². The van der Waals surface area contributed by atoms with Gasteiger partial charge in [0.15, 0.2) is 5.13 Å². The van der Waals surface area contributed by atoms with Gasteiger partial charge in [-0.1, -0.05) is 41.7 Å². The van der Waals surface area contributed by atoms with E-state index in [-0.39, 0.29) is 11.8 Å². The van der Waals surface area contributed by atoms with E-state index in [9.17, 15) is 9.59 Å². The molecule has 0 fully saturated rings. The molecule has 6 nitrogen and oxygen atoms in total. The van der Waals surface area contributed by atoms with Gasteiger partial charge in [-0.05, 0) is 52.3 Å². The second-order valence-corrected chi connectivity index (χ2v) is 8.14. The van der Waals surface area contributed by atoms with E-state index < -0.39 is 0 Å². The molecule has 150 valence electrons. The van der Waals surface area contributed by atoms with Crippen LogP contribution in [0, 0.1) is 0 Å². The predicted octanol–water partition coefficient (Wildman–Crippen LogP) is 5.57. The SMILES string of the molecule is COc1cccc2sc(NC(=O)c3ccccc3NC(=O)c3ccccc3Br)nc12. The number of aromatic nitrogens is 1. The Balaban J connectivity index is 1.58. The number of para-hydroxylation sites is 2. The molecule has 0 aliphatic rings. The summed E-state index contributed by atoms with van der Waals surface area (Å²) < 4.78 is 6.90. The van der Waals surface area contributed by atoms with E-state index in [4.69, 9.17) is 4.74 Å². The monoisotopic (exact) mass is 481 g/mol. The summed E-state index contributed by atoms with van der Waals surface area (Å²) in [7, 11) is 1.58. The van der Waals surface area contributed by atoms with E-state index in [0.29, 0.717) is 37.7 Å². The van der Waals surface area contributed by atoms with E-state index in [0.717, 1.165) is 4.70 Å². The van der Waals surface area contributed by atoms with Gasteiger partial charge in [-0.15, -0.1) is 0 Å². The van der Waals surface area contributed by atoms with Crippen molar-refractivity contribution in [1.82, 2.24) is 4.98 Å². The lowest BCUT2D eigenvalue weighted by Crippen LogP contribution is -2.18. The van der Waals surface area contributed by atoms with Gasteiger partial charge in [-0.3, -0.25) is 14.9 Å². The quantitative estimate of drug-likeness (QED) is 0.390. The minimum atomic E-state index is -0.365. The van der Waals surface area contributed by atoms with Crippen molar-refractivity contribution in [2.24, 2.45) is 0 Å². The number of hydrogen-bond acceptors (Lipinski definition) is 5. The third-order valence-electron chi connectivity index (χ3n) is 4.36. The van der Waals surface area contributed by atoms with Crippen LogP contribution >= 0.6 is 27.3 Å². The highest BCUT2D eigenvalue weighted by Gasteiger charge is 2.17. The van der Waals surface area contributed by atoms with Gasteiger partial charge < -0.3 is 10.1 Å². The molecule has 4 aromatic rings. The number of carbonyl (C=O) groups is 2. The molecule has 2 N–H and O–H groups in total. The zero-order chi connectivity index (χ0) is 21.1. The molecule has 2 amide bonds. The molecule has 0 saturated carbocycles. The number of anilines is 2.